The number of hydrogen-bond acceptors (Lipinski definition) is 8. The van der Waals surface area contributed by atoms with Gasteiger partial charge in [-0.05, 0) is 37.7 Å². The highest BCUT2D eigenvalue weighted by molar-refractivity contribution is 7.88. The molecule has 8 nitrogen and oxygen atoms in total. The molecule has 2 aromatic heterocycles. The Labute approximate surface area is 181 Å². The summed E-state index contributed by atoms with van der Waals surface area (Å²) < 4.78 is 31.4. The van der Waals surface area contributed by atoms with Gasteiger partial charge in [0.25, 0.3) is 0 Å². The maximum absolute atomic E-state index is 11.6. The molecule has 30 heavy (non-hydrogen) atoms. The first-order chi connectivity index (χ1) is 14.5. The Morgan fingerprint density at radius 1 is 1.13 bits per heavy atom. The number of sulfonamides is 1. The molecule has 2 aliphatic heterocycles. The van der Waals surface area contributed by atoms with E-state index in [9.17, 15) is 8.42 Å². The summed E-state index contributed by atoms with van der Waals surface area (Å²) in [5.74, 6) is 1.94. The van der Waals surface area contributed by atoms with Crippen LogP contribution in [-0.4, -0.2) is 75.0 Å². The lowest BCUT2D eigenvalue weighted by Crippen LogP contribution is -2.44. The van der Waals surface area contributed by atoms with Gasteiger partial charge >= 0.3 is 0 Å². The van der Waals surface area contributed by atoms with Gasteiger partial charge < -0.3 is 9.64 Å². The van der Waals surface area contributed by atoms with Gasteiger partial charge in [0.2, 0.25) is 10.0 Å². The van der Waals surface area contributed by atoms with E-state index < -0.39 is 10.0 Å². The first kappa shape index (κ1) is 20.6. The summed E-state index contributed by atoms with van der Waals surface area (Å²) in [6, 6.07) is 0.00888. The van der Waals surface area contributed by atoms with Crippen molar-refractivity contribution in [3.63, 3.8) is 0 Å². The number of thiophene rings is 1. The van der Waals surface area contributed by atoms with Crippen molar-refractivity contribution in [1.82, 2.24) is 19.6 Å². The molecule has 1 N–H and O–H groups in total. The third-order valence-electron chi connectivity index (χ3n) is 6.24. The van der Waals surface area contributed by atoms with Crippen LogP contribution in [0.3, 0.4) is 0 Å². The molecule has 10 heteroatoms. The van der Waals surface area contributed by atoms with Gasteiger partial charge in [-0.25, -0.2) is 23.1 Å². The molecule has 164 valence electrons. The molecule has 5 rings (SSSR count). The first-order valence-corrected chi connectivity index (χ1v) is 13.5. The second-order valence-corrected chi connectivity index (χ2v) is 11.4. The zero-order valence-corrected chi connectivity index (χ0v) is 19.0. The normalized spacial score (nSPS) is 21.4. The number of hydrogen-bond donors (Lipinski definition) is 1. The average molecular weight is 452 g/mol. The second kappa shape index (κ2) is 8.31. The van der Waals surface area contributed by atoms with E-state index in [1.165, 1.54) is 28.5 Å². The van der Waals surface area contributed by atoms with Crippen LogP contribution < -0.4 is 9.62 Å². The summed E-state index contributed by atoms with van der Waals surface area (Å²) >= 11 is 1.84. The van der Waals surface area contributed by atoms with Crippen LogP contribution in [-0.2, 0) is 34.1 Å². The van der Waals surface area contributed by atoms with Gasteiger partial charge in [0.15, 0.2) is 0 Å². The molecule has 0 radical (unpaired) electrons. The van der Waals surface area contributed by atoms with Crippen molar-refractivity contribution in [3.8, 4) is 0 Å². The van der Waals surface area contributed by atoms with Crippen LogP contribution in [0.5, 0.6) is 0 Å². The maximum Gasteiger partial charge on any atom is 0.208 e. The second-order valence-electron chi connectivity index (χ2n) is 8.54. The van der Waals surface area contributed by atoms with Crippen molar-refractivity contribution in [1.29, 1.82) is 0 Å². The van der Waals surface area contributed by atoms with Crippen molar-refractivity contribution < 1.29 is 13.2 Å². The molecule has 1 aliphatic carbocycles. The summed E-state index contributed by atoms with van der Waals surface area (Å²) in [5.41, 5.74) is 1.44. The summed E-state index contributed by atoms with van der Waals surface area (Å²) in [4.78, 5) is 17.3. The number of fused-ring (bicyclic) bond motifs is 3. The van der Waals surface area contributed by atoms with Gasteiger partial charge in [0.1, 0.15) is 16.5 Å². The number of nitrogens with zero attached hydrogens (tertiary/aromatic N) is 4. The predicted molar refractivity (Wildman–Crippen MR) is 119 cm³/mol. The van der Waals surface area contributed by atoms with Crippen molar-refractivity contribution >= 4 is 37.4 Å². The number of aromatic nitrogens is 2. The van der Waals surface area contributed by atoms with E-state index in [0.717, 1.165) is 88.1 Å². The summed E-state index contributed by atoms with van der Waals surface area (Å²) in [7, 11) is -3.17. The quantitative estimate of drug-likeness (QED) is 0.738. The van der Waals surface area contributed by atoms with Gasteiger partial charge in [-0.1, -0.05) is 0 Å². The van der Waals surface area contributed by atoms with Gasteiger partial charge in [0, 0.05) is 37.1 Å². The molecule has 0 bridgehead atoms. The summed E-state index contributed by atoms with van der Waals surface area (Å²) in [6.45, 7) is 5.73. The fraction of sp³-hybridized carbons (Fsp3) is 0.700. The minimum atomic E-state index is -3.17. The molecule has 0 aromatic carbocycles. The van der Waals surface area contributed by atoms with Gasteiger partial charge in [-0.15, -0.1) is 11.3 Å². The monoisotopic (exact) mass is 451 g/mol. The molecule has 2 aromatic rings. The molecule has 4 heterocycles. The first-order valence-electron chi connectivity index (χ1n) is 10.8. The van der Waals surface area contributed by atoms with Crippen molar-refractivity contribution in [2.45, 2.75) is 44.7 Å². The van der Waals surface area contributed by atoms with Gasteiger partial charge in [0.05, 0.1) is 31.4 Å². The highest BCUT2D eigenvalue weighted by atomic mass is 32.2. The Balaban J connectivity index is 1.43. The van der Waals surface area contributed by atoms with Crippen LogP contribution in [0.1, 0.15) is 35.5 Å². The summed E-state index contributed by atoms with van der Waals surface area (Å²) in [5, 5.41) is 1.24. The van der Waals surface area contributed by atoms with E-state index in [2.05, 4.69) is 14.5 Å². The molecule has 0 saturated carbocycles. The lowest BCUT2D eigenvalue weighted by Gasteiger charge is -2.33. The van der Waals surface area contributed by atoms with Crippen molar-refractivity contribution in [2.75, 3.05) is 50.5 Å². The van der Waals surface area contributed by atoms with Gasteiger partial charge in [-0.2, -0.15) is 0 Å². The number of ether oxygens (including phenoxy) is 1. The summed E-state index contributed by atoms with van der Waals surface area (Å²) in [6.07, 6.45) is 6.30. The standard InChI is InChI=1S/C20H29N5O3S2/c1-30(26,27)23-14-5-7-25(8-6-14)19-18-15-3-2-4-16(15)29-20(18)22-17(21-19)13-24-9-11-28-12-10-24/h14,23H,2-13H2,1H3. The molecule has 0 atom stereocenters. The molecular formula is C20H29N5O3S2. The van der Waals surface area contributed by atoms with E-state index in [-0.39, 0.29) is 6.04 Å². The Morgan fingerprint density at radius 2 is 1.90 bits per heavy atom. The molecule has 3 aliphatic rings. The number of morpholine rings is 1. The molecule has 2 fully saturated rings. The van der Waals surface area contributed by atoms with Crippen molar-refractivity contribution in [2.24, 2.45) is 0 Å². The van der Waals surface area contributed by atoms with Crippen LogP contribution >= 0.6 is 11.3 Å². The average Bonchev–Trinajstić information content (AvgIpc) is 3.28. The fourth-order valence-corrected chi connectivity index (χ4v) is 6.91. The highest BCUT2D eigenvalue weighted by Gasteiger charge is 2.28. The Morgan fingerprint density at radius 3 is 2.63 bits per heavy atom. The lowest BCUT2D eigenvalue weighted by molar-refractivity contribution is 0.0331. The minimum absolute atomic E-state index is 0.00888. The molecule has 0 spiro atoms. The maximum atomic E-state index is 11.6. The van der Waals surface area contributed by atoms with Crippen LogP contribution in [0.15, 0.2) is 0 Å². The Hall–Kier alpha value is -1.33. The highest BCUT2D eigenvalue weighted by Crippen LogP contribution is 2.41. The molecule has 0 unspecified atom stereocenters. The van der Waals surface area contributed by atoms with E-state index in [0.29, 0.717) is 0 Å². The number of anilines is 1. The largest absolute Gasteiger partial charge is 0.379 e. The number of piperidine rings is 1. The number of nitrogens with one attached hydrogen (secondary N) is 1. The fourth-order valence-electron chi connectivity index (χ4n) is 4.79. The minimum Gasteiger partial charge on any atom is -0.379 e. The number of rotatable bonds is 5. The predicted octanol–water partition coefficient (Wildman–Crippen LogP) is 1.53. The van der Waals surface area contributed by atoms with Crippen LogP contribution in [0.2, 0.25) is 0 Å². The van der Waals surface area contributed by atoms with Crippen LogP contribution in [0.4, 0.5) is 5.82 Å². The third kappa shape index (κ3) is 4.34. The zero-order chi connectivity index (χ0) is 20.7. The van der Waals surface area contributed by atoms with Crippen molar-refractivity contribution in [3.05, 3.63) is 16.3 Å². The van der Waals surface area contributed by atoms with E-state index >= 15 is 0 Å². The Kier molecular flexibility index (Phi) is 5.70. The lowest BCUT2D eigenvalue weighted by atomic mass is 10.1. The SMILES string of the molecule is CS(=O)(=O)NC1CCN(c2nc(CN3CCOCC3)nc3sc4c(c23)CCC4)CC1. The van der Waals surface area contributed by atoms with E-state index in [1.807, 2.05) is 11.3 Å². The van der Waals surface area contributed by atoms with Crippen LogP contribution in [0.25, 0.3) is 10.2 Å². The van der Waals surface area contributed by atoms with Gasteiger partial charge in [-0.3, -0.25) is 4.90 Å². The molecular weight excluding hydrogens is 422 g/mol. The molecule has 0 amide bonds. The number of aryl methyl sites for hydroxylation is 2. The third-order valence-corrected chi connectivity index (χ3v) is 8.18. The molecule has 2 saturated heterocycles. The topological polar surface area (TPSA) is 87.7 Å². The smallest absolute Gasteiger partial charge is 0.208 e. The Bertz CT molecular complexity index is 1020. The zero-order valence-electron chi connectivity index (χ0n) is 17.4. The van der Waals surface area contributed by atoms with E-state index in [4.69, 9.17) is 14.7 Å². The van der Waals surface area contributed by atoms with Crippen LogP contribution in [0, 0.1) is 0 Å². The van der Waals surface area contributed by atoms with E-state index in [1.54, 1.807) is 0 Å².